The summed E-state index contributed by atoms with van der Waals surface area (Å²) in [7, 11) is 1.78. The van der Waals surface area contributed by atoms with Gasteiger partial charge in [-0.3, -0.25) is 9.25 Å². The average molecular weight is 478 g/mol. The number of pyridine rings is 1. The van der Waals surface area contributed by atoms with Crippen LogP contribution in [-0.4, -0.2) is 47.2 Å². The minimum Gasteiger partial charge on any atom is -0.342 e. The molecular weight excluding hydrogens is 459 g/mol. The quantitative estimate of drug-likeness (QED) is 0.414. The lowest BCUT2D eigenvalue weighted by Crippen LogP contribution is -2.33. The average Bonchev–Trinajstić information content (AvgIpc) is 3.52. The summed E-state index contributed by atoms with van der Waals surface area (Å²) in [6, 6.07) is 4.15. The van der Waals surface area contributed by atoms with Crippen LogP contribution in [0.4, 0.5) is 33.6 Å². The fourth-order valence-electron chi connectivity index (χ4n) is 4.09. The number of hydrogen-bond donors (Lipinski definition) is 1. The van der Waals surface area contributed by atoms with E-state index in [0.717, 1.165) is 21.5 Å². The van der Waals surface area contributed by atoms with Gasteiger partial charge in [-0.1, -0.05) is 0 Å². The highest BCUT2D eigenvalue weighted by molar-refractivity contribution is 5.75. The van der Waals surface area contributed by atoms with E-state index in [2.05, 4.69) is 25.6 Å². The molecule has 0 unspecified atom stereocenters. The molecule has 0 amide bonds. The Morgan fingerprint density at radius 1 is 1.24 bits per heavy atom. The van der Waals surface area contributed by atoms with E-state index in [1.165, 1.54) is 0 Å². The normalized spacial score (nSPS) is 15.5. The predicted molar refractivity (Wildman–Crippen MR) is 113 cm³/mol. The van der Waals surface area contributed by atoms with Crippen molar-refractivity contribution in [1.82, 2.24) is 34.1 Å². The molecule has 0 bridgehead atoms. The molecule has 0 aliphatic carbocycles. The first-order valence-electron chi connectivity index (χ1n) is 10.3. The second kappa shape index (κ2) is 7.92. The Bertz CT molecular complexity index is 1360. The van der Waals surface area contributed by atoms with E-state index < -0.39 is 30.9 Å². The van der Waals surface area contributed by atoms with Crippen LogP contribution in [0.5, 0.6) is 0 Å². The number of hydrogen-bond acceptors (Lipinski definition) is 5. The van der Waals surface area contributed by atoms with Gasteiger partial charge in [-0.15, -0.1) is 10.2 Å². The minimum atomic E-state index is -4.55. The molecule has 13 heteroatoms. The van der Waals surface area contributed by atoms with Gasteiger partial charge in [-0.25, -0.2) is 18.2 Å². The van der Waals surface area contributed by atoms with Crippen molar-refractivity contribution in [2.45, 2.75) is 31.9 Å². The van der Waals surface area contributed by atoms with Gasteiger partial charge in [0.15, 0.2) is 5.82 Å². The van der Waals surface area contributed by atoms with Crippen molar-refractivity contribution in [2.75, 3.05) is 12.0 Å². The smallest absolute Gasteiger partial charge is 0.342 e. The van der Waals surface area contributed by atoms with E-state index in [-0.39, 0.29) is 12.4 Å². The molecule has 0 saturated carbocycles. The molecule has 1 aliphatic rings. The lowest BCUT2D eigenvalue weighted by molar-refractivity contribution is -0.143. The Labute approximate surface area is 190 Å². The van der Waals surface area contributed by atoms with Gasteiger partial charge >= 0.3 is 12.3 Å². The number of aryl methyl sites for hydroxylation is 2. The number of nitrogens with one attached hydrogen (secondary N) is 1. The summed E-state index contributed by atoms with van der Waals surface area (Å²) in [5.74, 6) is -4.60. The van der Waals surface area contributed by atoms with E-state index in [1.807, 2.05) is 13.0 Å². The molecule has 1 atom stereocenters. The van der Waals surface area contributed by atoms with Crippen molar-refractivity contribution in [1.29, 1.82) is 0 Å². The number of rotatable bonds is 6. The lowest BCUT2D eigenvalue weighted by Gasteiger charge is -2.27. The number of aromatic nitrogens is 7. The summed E-state index contributed by atoms with van der Waals surface area (Å²) in [6.07, 6.45) is 1.08. The van der Waals surface area contributed by atoms with Crippen molar-refractivity contribution in [3.05, 3.63) is 48.2 Å². The van der Waals surface area contributed by atoms with Crippen LogP contribution in [0.25, 0.3) is 22.6 Å². The molecule has 0 radical (unpaired) electrons. The van der Waals surface area contributed by atoms with Gasteiger partial charge in [-0.2, -0.15) is 13.9 Å². The fourth-order valence-corrected chi connectivity index (χ4v) is 4.09. The minimum absolute atomic E-state index is 0.0343. The van der Waals surface area contributed by atoms with Crippen LogP contribution in [0, 0.1) is 6.92 Å². The zero-order chi connectivity index (χ0) is 24.2. The van der Waals surface area contributed by atoms with Crippen LogP contribution >= 0.6 is 0 Å². The third kappa shape index (κ3) is 3.42. The van der Waals surface area contributed by atoms with Gasteiger partial charge in [-0.05, 0) is 30.2 Å². The van der Waals surface area contributed by atoms with Gasteiger partial charge in [0, 0.05) is 37.6 Å². The lowest BCUT2D eigenvalue weighted by atomic mass is 10.1. The predicted octanol–water partition coefficient (Wildman–Crippen LogP) is 4.48. The Hall–Kier alpha value is -3.77. The van der Waals surface area contributed by atoms with Gasteiger partial charge < -0.3 is 9.88 Å². The summed E-state index contributed by atoms with van der Waals surface area (Å²) in [5, 5.41) is 14.3. The van der Waals surface area contributed by atoms with Crippen molar-refractivity contribution < 1.29 is 22.0 Å². The highest BCUT2D eigenvalue weighted by Crippen LogP contribution is 2.41. The van der Waals surface area contributed by atoms with Gasteiger partial charge in [0.05, 0.1) is 17.9 Å². The molecule has 5 heterocycles. The zero-order valence-corrected chi connectivity index (χ0v) is 18.1. The first-order valence-corrected chi connectivity index (χ1v) is 10.3. The maximum Gasteiger partial charge on any atom is 0.365 e. The number of halogens is 5. The molecule has 0 spiro atoms. The molecule has 1 N–H and O–H groups in total. The van der Waals surface area contributed by atoms with Gasteiger partial charge in [0.1, 0.15) is 18.3 Å². The van der Waals surface area contributed by atoms with Crippen LogP contribution in [0.2, 0.25) is 0 Å². The molecule has 178 valence electrons. The molecule has 8 nitrogen and oxygen atoms in total. The van der Waals surface area contributed by atoms with Crippen LogP contribution in [0.15, 0.2) is 36.8 Å². The summed E-state index contributed by atoms with van der Waals surface area (Å²) in [5.41, 5.74) is 2.72. The molecular formula is C21H19F5N8. The molecule has 1 aliphatic heterocycles. The monoisotopic (exact) mass is 478 g/mol. The standard InChI is InChI=1S/C21H19F5N8/c1-11-8-27-16(29-17-3-4-28-32(17)2)6-14(11)12-5-15-18-30-31-20(21(25,26)19(23)24)34(18)13(7-22)10-33(15)9-12/h3-6,8-9,13,19H,7,10H2,1-2H3,(H,27,29)/t13-/m0/s1. The number of alkyl halides is 5. The zero-order valence-electron chi connectivity index (χ0n) is 18.1. The number of fused-ring (bicyclic) bond motifs is 3. The first kappa shape index (κ1) is 22.0. The Balaban J connectivity index is 1.57. The van der Waals surface area contributed by atoms with Crippen molar-refractivity contribution in [3.8, 4) is 22.6 Å². The summed E-state index contributed by atoms with van der Waals surface area (Å²) in [4.78, 5) is 4.38. The Morgan fingerprint density at radius 2 is 2.03 bits per heavy atom. The van der Waals surface area contributed by atoms with Crippen molar-refractivity contribution >= 4 is 11.6 Å². The van der Waals surface area contributed by atoms with Crippen LogP contribution < -0.4 is 5.32 Å². The molecule has 0 fully saturated rings. The highest BCUT2D eigenvalue weighted by atomic mass is 19.3. The molecule has 4 aromatic rings. The molecule has 0 aromatic carbocycles. The third-order valence-electron chi connectivity index (χ3n) is 5.84. The van der Waals surface area contributed by atoms with Crippen LogP contribution in [0.3, 0.4) is 0 Å². The molecule has 0 saturated heterocycles. The van der Waals surface area contributed by atoms with E-state index >= 15 is 0 Å². The third-order valence-corrected chi connectivity index (χ3v) is 5.84. The maximum absolute atomic E-state index is 14.1. The second-order valence-electron chi connectivity index (χ2n) is 8.06. The summed E-state index contributed by atoms with van der Waals surface area (Å²) < 4.78 is 72.1. The van der Waals surface area contributed by atoms with E-state index in [0.29, 0.717) is 17.1 Å². The topological polar surface area (TPSA) is 78.4 Å². The molecule has 5 rings (SSSR count). The van der Waals surface area contributed by atoms with E-state index in [9.17, 15) is 22.0 Å². The fraction of sp³-hybridized carbons (Fsp3) is 0.333. The van der Waals surface area contributed by atoms with Crippen LogP contribution in [0.1, 0.15) is 17.4 Å². The van der Waals surface area contributed by atoms with Crippen LogP contribution in [-0.2, 0) is 19.5 Å². The van der Waals surface area contributed by atoms with Crippen molar-refractivity contribution in [2.24, 2.45) is 7.05 Å². The van der Waals surface area contributed by atoms with E-state index in [4.69, 9.17) is 0 Å². The van der Waals surface area contributed by atoms with Gasteiger partial charge in [0.25, 0.3) is 0 Å². The number of anilines is 2. The SMILES string of the molecule is Cc1cnc(Nc2ccnn2C)cc1-c1cc2n(c1)C[C@H](CF)n1c-2nnc1C(F)(F)C(F)F. The Morgan fingerprint density at radius 3 is 2.71 bits per heavy atom. The highest BCUT2D eigenvalue weighted by Gasteiger charge is 2.49. The maximum atomic E-state index is 14.1. The first-order chi connectivity index (χ1) is 16.2. The van der Waals surface area contributed by atoms with E-state index in [1.54, 1.807) is 47.0 Å². The number of nitrogens with zero attached hydrogens (tertiary/aromatic N) is 7. The largest absolute Gasteiger partial charge is 0.365 e. The molecule has 4 aromatic heterocycles. The summed E-state index contributed by atoms with van der Waals surface area (Å²) >= 11 is 0. The molecule has 34 heavy (non-hydrogen) atoms. The Kier molecular flexibility index (Phi) is 5.14. The van der Waals surface area contributed by atoms with Gasteiger partial charge in [0.2, 0.25) is 5.82 Å². The second-order valence-corrected chi connectivity index (χ2v) is 8.06. The van der Waals surface area contributed by atoms with Crippen molar-refractivity contribution in [3.63, 3.8) is 0 Å². The summed E-state index contributed by atoms with van der Waals surface area (Å²) in [6.45, 7) is 0.784.